The van der Waals surface area contributed by atoms with E-state index in [0.717, 1.165) is 12.5 Å². The Bertz CT molecular complexity index is 252. The molecule has 3 nitrogen and oxygen atoms in total. The predicted molar refractivity (Wildman–Crippen MR) is 55.6 cm³/mol. The van der Waals surface area contributed by atoms with E-state index in [0.29, 0.717) is 12.5 Å². The Morgan fingerprint density at radius 1 is 1.64 bits per heavy atom. The van der Waals surface area contributed by atoms with Gasteiger partial charge in [0.2, 0.25) is 5.91 Å². The molecule has 2 rings (SSSR count). The molecule has 1 aliphatic heterocycles. The summed E-state index contributed by atoms with van der Waals surface area (Å²) < 4.78 is 0. The van der Waals surface area contributed by atoms with Crippen LogP contribution in [-0.2, 0) is 4.79 Å². The van der Waals surface area contributed by atoms with Gasteiger partial charge in [-0.15, -0.1) is 6.58 Å². The molecule has 1 saturated heterocycles. The molecule has 1 amide bonds. The fraction of sp³-hybridized carbons (Fsp3) is 0.727. The van der Waals surface area contributed by atoms with Crippen LogP contribution in [0.4, 0.5) is 0 Å². The molecule has 2 bridgehead atoms. The number of piperidine rings is 1. The summed E-state index contributed by atoms with van der Waals surface area (Å²) in [6.45, 7) is 4.55. The highest BCUT2D eigenvalue weighted by Crippen LogP contribution is 2.37. The first kappa shape index (κ1) is 9.71. The van der Waals surface area contributed by atoms with Crippen molar-refractivity contribution in [1.82, 2.24) is 4.90 Å². The lowest BCUT2D eigenvalue weighted by molar-refractivity contribution is -0.134. The molecule has 3 heteroatoms. The van der Waals surface area contributed by atoms with E-state index in [1.54, 1.807) is 6.08 Å². The van der Waals surface area contributed by atoms with Crippen LogP contribution in [0.15, 0.2) is 12.7 Å². The first-order chi connectivity index (χ1) is 6.72. The Hall–Kier alpha value is -0.830. The van der Waals surface area contributed by atoms with Crippen LogP contribution in [0.5, 0.6) is 0 Å². The van der Waals surface area contributed by atoms with E-state index in [1.807, 2.05) is 4.90 Å². The zero-order valence-electron chi connectivity index (χ0n) is 8.48. The number of nitrogens with two attached hydrogens (primary N) is 1. The van der Waals surface area contributed by atoms with Crippen molar-refractivity contribution in [3.8, 4) is 0 Å². The third-order valence-corrected chi connectivity index (χ3v) is 3.43. The molecule has 0 aromatic carbocycles. The van der Waals surface area contributed by atoms with Crippen molar-refractivity contribution >= 4 is 5.91 Å². The van der Waals surface area contributed by atoms with Gasteiger partial charge in [-0.25, -0.2) is 0 Å². The van der Waals surface area contributed by atoms with Crippen molar-refractivity contribution in [2.24, 2.45) is 11.7 Å². The van der Waals surface area contributed by atoms with Gasteiger partial charge in [0.25, 0.3) is 0 Å². The van der Waals surface area contributed by atoms with Gasteiger partial charge >= 0.3 is 0 Å². The van der Waals surface area contributed by atoms with E-state index in [-0.39, 0.29) is 11.9 Å². The number of fused-ring (bicyclic) bond motifs is 2. The highest BCUT2D eigenvalue weighted by Gasteiger charge is 2.41. The minimum absolute atomic E-state index is 0.122. The molecule has 0 spiro atoms. The van der Waals surface area contributed by atoms with Crippen LogP contribution in [0.2, 0.25) is 0 Å². The third-order valence-electron chi connectivity index (χ3n) is 3.43. The first-order valence-corrected chi connectivity index (χ1v) is 5.39. The highest BCUT2D eigenvalue weighted by atomic mass is 16.2. The summed E-state index contributed by atoms with van der Waals surface area (Å²) in [5.41, 5.74) is 5.78. The van der Waals surface area contributed by atoms with E-state index in [1.165, 1.54) is 19.3 Å². The summed E-state index contributed by atoms with van der Waals surface area (Å²) in [7, 11) is 0. The number of nitrogens with zero attached hydrogens (tertiary/aromatic N) is 1. The number of rotatable bonds is 3. The second-order valence-electron chi connectivity index (χ2n) is 4.45. The molecule has 0 aromatic rings. The second kappa shape index (κ2) is 3.73. The van der Waals surface area contributed by atoms with Crippen LogP contribution in [0.3, 0.4) is 0 Å². The van der Waals surface area contributed by atoms with Crippen molar-refractivity contribution in [1.29, 1.82) is 0 Å². The van der Waals surface area contributed by atoms with Gasteiger partial charge in [-0.1, -0.05) is 6.08 Å². The summed E-state index contributed by atoms with van der Waals surface area (Å²) in [4.78, 5) is 13.9. The quantitative estimate of drug-likeness (QED) is 0.678. The number of carbonyl (C=O) groups is 1. The lowest BCUT2D eigenvalue weighted by atomic mass is 10.1. The van der Waals surface area contributed by atoms with Crippen LogP contribution in [0, 0.1) is 5.92 Å². The summed E-state index contributed by atoms with van der Waals surface area (Å²) >= 11 is 0. The fourth-order valence-corrected chi connectivity index (χ4v) is 2.69. The molecule has 78 valence electrons. The lowest BCUT2D eigenvalue weighted by Crippen LogP contribution is -2.46. The van der Waals surface area contributed by atoms with Crippen molar-refractivity contribution in [3.05, 3.63) is 12.7 Å². The maximum absolute atomic E-state index is 11.9. The zero-order valence-corrected chi connectivity index (χ0v) is 8.48. The fourth-order valence-electron chi connectivity index (χ4n) is 2.69. The Labute approximate surface area is 84.9 Å². The van der Waals surface area contributed by atoms with Crippen LogP contribution >= 0.6 is 0 Å². The monoisotopic (exact) mass is 194 g/mol. The molecule has 14 heavy (non-hydrogen) atoms. The Morgan fingerprint density at radius 2 is 2.43 bits per heavy atom. The van der Waals surface area contributed by atoms with E-state index >= 15 is 0 Å². The summed E-state index contributed by atoms with van der Waals surface area (Å²) in [6, 6.07) is 0.121. The highest BCUT2D eigenvalue weighted by molar-refractivity contribution is 5.82. The number of hydrogen-bond donors (Lipinski definition) is 1. The molecule has 2 N–H and O–H groups in total. The SMILES string of the molecule is C=CCC(N)C(=O)N1CC2CCC1C2. The number of hydrogen-bond acceptors (Lipinski definition) is 2. The van der Waals surface area contributed by atoms with Gasteiger partial charge in [0.1, 0.15) is 0 Å². The average molecular weight is 194 g/mol. The summed E-state index contributed by atoms with van der Waals surface area (Å²) in [5.74, 6) is 0.872. The molecule has 3 unspecified atom stereocenters. The van der Waals surface area contributed by atoms with Crippen molar-refractivity contribution in [2.45, 2.75) is 37.8 Å². The predicted octanol–water partition coefficient (Wildman–Crippen LogP) is 0.901. The Morgan fingerprint density at radius 3 is 2.93 bits per heavy atom. The standard InChI is InChI=1S/C11H18N2O/c1-2-3-10(12)11(14)13-7-8-4-5-9(13)6-8/h2,8-10H,1,3-7,12H2. The van der Waals surface area contributed by atoms with Gasteiger partial charge in [0, 0.05) is 12.6 Å². The van der Waals surface area contributed by atoms with Gasteiger partial charge in [-0.05, 0) is 31.6 Å². The molecule has 2 fully saturated rings. The van der Waals surface area contributed by atoms with Crippen molar-refractivity contribution < 1.29 is 4.79 Å². The molecule has 0 aromatic heterocycles. The van der Waals surface area contributed by atoms with Crippen molar-refractivity contribution in [2.75, 3.05) is 6.54 Å². The van der Waals surface area contributed by atoms with Gasteiger partial charge < -0.3 is 10.6 Å². The van der Waals surface area contributed by atoms with E-state index < -0.39 is 0 Å². The smallest absolute Gasteiger partial charge is 0.240 e. The minimum atomic E-state index is -0.369. The number of carbonyl (C=O) groups excluding carboxylic acids is 1. The van der Waals surface area contributed by atoms with Crippen LogP contribution < -0.4 is 5.73 Å². The van der Waals surface area contributed by atoms with E-state index in [4.69, 9.17) is 5.73 Å². The molecular formula is C11H18N2O. The van der Waals surface area contributed by atoms with E-state index in [9.17, 15) is 4.79 Å². The van der Waals surface area contributed by atoms with Gasteiger partial charge in [-0.3, -0.25) is 4.79 Å². The average Bonchev–Trinajstić information content (AvgIpc) is 2.77. The van der Waals surface area contributed by atoms with Gasteiger partial charge in [-0.2, -0.15) is 0 Å². The maximum Gasteiger partial charge on any atom is 0.240 e. The van der Waals surface area contributed by atoms with Crippen LogP contribution in [-0.4, -0.2) is 29.4 Å². The minimum Gasteiger partial charge on any atom is -0.338 e. The van der Waals surface area contributed by atoms with E-state index in [2.05, 4.69) is 6.58 Å². The normalized spacial score (nSPS) is 31.9. The zero-order chi connectivity index (χ0) is 10.1. The topological polar surface area (TPSA) is 46.3 Å². The van der Waals surface area contributed by atoms with Crippen LogP contribution in [0.25, 0.3) is 0 Å². The molecule has 0 radical (unpaired) electrons. The Balaban J connectivity index is 1.95. The molecule has 1 saturated carbocycles. The first-order valence-electron chi connectivity index (χ1n) is 5.39. The summed E-state index contributed by atoms with van der Waals surface area (Å²) in [6.07, 6.45) is 5.98. The number of amides is 1. The Kier molecular flexibility index (Phi) is 2.59. The van der Waals surface area contributed by atoms with Gasteiger partial charge in [0.05, 0.1) is 6.04 Å². The molecular weight excluding hydrogens is 176 g/mol. The lowest BCUT2D eigenvalue weighted by Gasteiger charge is -2.29. The van der Waals surface area contributed by atoms with Crippen LogP contribution in [0.1, 0.15) is 25.7 Å². The van der Waals surface area contributed by atoms with Gasteiger partial charge in [0.15, 0.2) is 0 Å². The summed E-state index contributed by atoms with van der Waals surface area (Å²) in [5, 5.41) is 0. The second-order valence-corrected chi connectivity index (χ2v) is 4.45. The molecule has 1 heterocycles. The molecule has 1 aliphatic carbocycles. The third kappa shape index (κ3) is 1.57. The molecule has 3 atom stereocenters. The van der Waals surface area contributed by atoms with Crippen molar-refractivity contribution in [3.63, 3.8) is 0 Å². The number of likely N-dealkylation sites (tertiary alicyclic amines) is 1. The largest absolute Gasteiger partial charge is 0.338 e. The molecule has 2 aliphatic rings. The maximum atomic E-state index is 11.9.